The Morgan fingerprint density at radius 1 is 1.48 bits per heavy atom. The van der Waals surface area contributed by atoms with Gasteiger partial charge in [0.1, 0.15) is 6.61 Å². The van der Waals surface area contributed by atoms with Gasteiger partial charge in [-0.1, -0.05) is 11.3 Å². The SMILES string of the molecule is CN(C(=O)OCCS(C)=O)c1nnc(-c2cccnc2)s1. The molecule has 9 heteroatoms. The van der Waals surface area contributed by atoms with Gasteiger partial charge in [-0.15, -0.1) is 10.2 Å². The van der Waals surface area contributed by atoms with Crippen LogP contribution < -0.4 is 4.90 Å². The highest BCUT2D eigenvalue weighted by atomic mass is 32.2. The molecule has 0 radical (unpaired) electrons. The Morgan fingerprint density at radius 3 is 2.95 bits per heavy atom. The highest BCUT2D eigenvalue weighted by Gasteiger charge is 2.17. The zero-order valence-corrected chi connectivity index (χ0v) is 13.2. The van der Waals surface area contributed by atoms with E-state index in [0.717, 1.165) is 5.56 Å². The molecule has 0 spiro atoms. The fourth-order valence-electron chi connectivity index (χ4n) is 1.38. The van der Waals surface area contributed by atoms with Gasteiger partial charge in [0.25, 0.3) is 0 Å². The van der Waals surface area contributed by atoms with Gasteiger partial charge in [-0.2, -0.15) is 0 Å². The fourth-order valence-corrected chi connectivity index (χ4v) is 2.48. The van der Waals surface area contributed by atoms with Crippen molar-refractivity contribution in [3.63, 3.8) is 0 Å². The van der Waals surface area contributed by atoms with Gasteiger partial charge in [0, 0.05) is 42.1 Å². The minimum Gasteiger partial charge on any atom is -0.448 e. The first kappa shape index (κ1) is 15.5. The predicted molar refractivity (Wildman–Crippen MR) is 81.8 cm³/mol. The molecule has 1 unspecified atom stereocenters. The summed E-state index contributed by atoms with van der Waals surface area (Å²) in [5.41, 5.74) is 0.837. The smallest absolute Gasteiger partial charge is 0.415 e. The van der Waals surface area contributed by atoms with Crippen LogP contribution >= 0.6 is 11.3 Å². The fraction of sp³-hybridized carbons (Fsp3) is 0.333. The molecule has 21 heavy (non-hydrogen) atoms. The Labute approximate surface area is 128 Å². The van der Waals surface area contributed by atoms with Crippen LogP contribution in [-0.4, -0.2) is 51.1 Å². The first-order chi connectivity index (χ1) is 10.1. The summed E-state index contributed by atoms with van der Waals surface area (Å²) in [4.78, 5) is 17.1. The molecule has 0 fully saturated rings. The van der Waals surface area contributed by atoms with Crippen molar-refractivity contribution >= 4 is 33.4 Å². The van der Waals surface area contributed by atoms with Crippen LogP contribution in [0.15, 0.2) is 24.5 Å². The van der Waals surface area contributed by atoms with Crippen LogP contribution in [0.2, 0.25) is 0 Å². The van der Waals surface area contributed by atoms with Gasteiger partial charge in [0.05, 0.1) is 5.75 Å². The number of carbonyl (C=O) groups is 1. The van der Waals surface area contributed by atoms with E-state index in [2.05, 4.69) is 15.2 Å². The number of aromatic nitrogens is 3. The molecular formula is C12H14N4O3S2. The monoisotopic (exact) mass is 326 g/mol. The molecule has 0 bridgehead atoms. The minimum atomic E-state index is -0.989. The summed E-state index contributed by atoms with van der Waals surface area (Å²) in [7, 11) is 0.566. The molecule has 0 saturated heterocycles. The molecule has 2 aromatic rings. The lowest BCUT2D eigenvalue weighted by atomic mass is 10.3. The van der Waals surface area contributed by atoms with E-state index < -0.39 is 16.9 Å². The minimum absolute atomic E-state index is 0.112. The van der Waals surface area contributed by atoms with E-state index in [4.69, 9.17) is 4.74 Å². The van der Waals surface area contributed by atoms with E-state index >= 15 is 0 Å². The molecule has 7 nitrogen and oxygen atoms in total. The van der Waals surface area contributed by atoms with E-state index in [9.17, 15) is 9.00 Å². The van der Waals surface area contributed by atoms with Crippen molar-refractivity contribution in [2.45, 2.75) is 0 Å². The van der Waals surface area contributed by atoms with Gasteiger partial charge in [0.15, 0.2) is 5.01 Å². The maximum atomic E-state index is 11.8. The number of anilines is 1. The Balaban J connectivity index is 2.00. The van der Waals surface area contributed by atoms with Crippen molar-refractivity contribution in [1.82, 2.24) is 15.2 Å². The van der Waals surface area contributed by atoms with Crippen LogP contribution in [-0.2, 0) is 15.5 Å². The number of pyridine rings is 1. The van der Waals surface area contributed by atoms with Gasteiger partial charge < -0.3 is 4.74 Å². The summed E-state index contributed by atoms with van der Waals surface area (Å²) >= 11 is 1.27. The predicted octanol–water partition coefficient (Wildman–Crippen LogP) is 1.55. The van der Waals surface area contributed by atoms with Gasteiger partial charge in [-0.25, -0.2) is 4.79 Å². The van der Waals surface area contributed by atoms with Crippen molar-refractivity contribution < 1.29 is 13.7 Å². The Kier molecular flexibility index (Phi) is 5.34. The lowest BCUT2D eigenvalue weighted by molar-refractivity contribution is 0.162. The molecule has 112 valence electrons. The van der Waals surface area contributed by atoms with Crippen molar-refractivity contribution in [1.29, 1.82) is 0 Å². The lowest BCUT2D eigenvalue weighted by Gasteiger charge is -2.12. The van der Waals surface area contributed by atoms with E-state index in [0.29, 0.717) is 15.9 Å². The van der Waals surface area contributed by atoms with Crippen molar-refractivity contribution in [2.24, 2.45) is 0 Å². The first-order valence-electron chi connectivity index (χ1n) is 6.02. The third kappa shape index (κ3) is 4.30. The summed E-state index contributed by atoms with van der Waals surface area (Å²) < 4.78 is 15.9. The molecule has 2 aromatic heterocycles. The first-order valence-corrected chi connectivity index (χ1v) is 8.56. The van der Waals surface area contributed by atoms with E-state index in [-0.39, 0.29) is 6.61 Å². The summed E-state index contributed by atoms with van der Waals surface area (Å²) in [6.45, 7) is 0.112. The normalized spacial score (nSPS) is 11.9. The molecule has 0 aromatic carbocycles. The largest absolute Gasteiger partial charge is 0.448 e. The summed E-state index contributed by atoms with van der Waals surface area (Å²) in [5, 5.41) is 9.09. The van der Waals surface area contributed by atoms with E-state index in [1.807, 2.05) is 6.07 Å². The van der Waals surface area contributed by atoms with Gasteiger partial charge in [0.2, 0.25) is 5.13 Å². The molecule has 0 N–H and O–H groups in total. The summed E-state index contributed by atoms with van der Waals surface area (Å²) in [6.07, 6.45) is 4.36. The van der Waals surface area contributed by atoms with E-state index in [1.165, 1.54) is 16.2 Å². The third-order valence-corrected chi connectivity index (χ3v) is 4.27. The van der Waals surface area contributed by atoms with Gasteiger partial charge in [-0.3, -0.25) is 14.1 Å². The Bertz CT molecular complexity index is 632. The molecule has 2 heterocycles. The molecular weight excluding hydrogens is 312 g/mol. The van der Waals surface area contributed by atoms with Crippen LogP contribution in [0.1, 0.15) is 0 Å². The summed E-state index contributed by atoms with van der Waals surface area (Å²) in [5.74, 6) is 0.316. The molecule has 1 atom stereocenters. The number of hydrogen-bond acceptors (Lipinski definition) is 7. The second-order valence-corrected chi connectivity index (χ2v) is 6.59. The van der Waals surface area contributed by atoms with Crippen LogP contribution in [0, 0.1) is 0 Å². The van der Waals surface area contributed by atoms with Gasteiger partial charge in [-0.05, 0) is 12.1 Å². The Morgan fingerprint density at radius 2 is 2.29 bits per heavy atom. The average molecular weight is 326 g/mol. The van der Waals surface area contributed by atoms with Crippen LogP contribution in [0.4, 0.5) is 9.93 Å². The zero-order chi connectivity index (χ0) is 15.2. The average Bonchev–Trinajstić information content (AvgIpc) is 2.96. The second-order valence-electron chi connectivity index (χ2n) is 4.08. The van der Waals surface area contributed by atoms with Crippen molar-refractivity contribution in [3.8, 4) is 10.6 Å². The van der Waals surface area contributed by atoms with Crippen LogP contribution in [0.25, 0.3) is 10.6 Å². The number of nitrogens with zero attached hydrogens (tertiary/aromatic N) is 4. The molecule has 0 aliphatic heterocycles. The molecule has 0 aliphatic carbocycles. The topological polar surface area (TPSA) is 85.3 Å². The molecule has 0 saturated carbocycles. The summed E-state index contributed by atoms with van der Waals surface area (Å²) in [6, 6.07) is 3.67. The number of rotatable bonds is 5. The molecule has 2 rings (SSSR count). The zero-order valence-electron chi connectivity index (χ0n) is 11.6. The number of ether oxygens (including phenoxy) is 1. The number of hydrogen-bond donors (Lipinski definition) is 0. The highest BCUT2D eigenvalue weighted by Crippen LogP contribution is 2.27. The van der Waals surface area contributed by atoms with E-state index in [1.54, 1.807) is 31.8 Å². The molecule has 0 aliphatic rings. The quantitative estimate of drug-likeness (QED) is 0.829. The number of carbonyl (C=O) groups excluding carboxylic acids is 1. The second kappa shape index (κ2) is 7.23. The maximum absolute atomic E-state index is 11.8. The standard InChI is InChI=1S/C12H14N4O3S2/c1-16(12(17)19-6-7-21(2)18)11-15-14-10(20-11)9-4-3-5-13-8-9/h3-5,8H,6-7H2,1-2H3. The molecule has 1 amide bonds. The number of amides is 1. The third-order valence-electron chi connectivity index (χ3n) is 2.48. The lowest BCUT2D eigenvalue weighted by Crippen LogP contribution is -2.28. The van der Waals surface area contributed by atoms with Crippen molar-refractivity contribution in [3.05, 3.63) is 24.5 Å². The van der Waals surface area contributed by atoms with Gasteiger partial charge >= 0.3 is 6.09 Å². The highest BCUT2D eigenvalue weighted by molar-refractivity contribution is 7.84. The van der Waals surface area contributed by atoms with Crippen LogP contribution in [0.3, 0.4) is 0 Å². The maximum Gasteiger partial charge on any atom is 0.415 e. The van der Waals surface area contributed by atoms with Crippen molar-refractivity contribution in [2.75, 3.05) is 30.6 Å². The van der Waals surface area contributed by atoms with Crippen LogP contribution in [0.5, 0.6) is 0 Å². The Hall–Kier alpha value is -1.87.